The van der Waals surface area contributed by atoms with Crippen molar-refractivity contribution >= 4 is 8.32 Å². The predicted octanol–water partition coefficient (Wildman–Crippen LogP) is 7.74. The minimum atomic E-state index is -1.83. The zero-order valence-corrected chi connectivity index (χ0v) is 22.6. The Hall–Kier alpha value is -1.10. The van der Waals surface area contributed by atoms with Crippen LogP contribution in [0.25, 0.3) is 0 Å². The molecule has 3 atom stereocenters. The van der Waals surface area contributed by atoms with Gasteiger partial charge in [-0.25, -0.2) is 0 Å². The Morgan fingerprint density at radius 3 is 2.45 bits per heavy atom. The molecule has 1 saturated carbocycles. The second-order valence-electron chi connectivity index (χ2n) is 12.3. The molecular formula is C27H44O3Si. The van der Waals surface area contributed by atoms with Gasteiger partial charge in [0, 0.05) is 26.0 Å². The lowest BCUT2D eigenvalue weighted by atomic mass is 9.70. The van der Waals surface area contributed by atoms with Crippen LogP contribution < -0.4 is 4.74 Å². The number of rotatable bonds is 5. The second-order valence-corrected chi connectivity index (χ2v) is 17.1. The molecule has 0 radical (unpaired) electrons. The Balaban J connectivity index is 2.04. The summed E-state index contributed by atoms with van der Waals surface area (Å²) < 4.78 is 19.2. The van der Waals surface area contributed by atoms with Gasteiger partial charge >= 0.3 is 0 Å². The lowest BCUT2D eigenvalue weighted by molar-refractivity contribution is -0.180. The summed E-state index contributed by atoms with van der Waals surface area (Å²) in [4.78, 5) is 0. The third kappa shape index (κ3) is 4.81. The first-order chi connectivity index (χ1) is 14.1. The van der Waals surface area contributed by atoms with Crippen molar-refractivity contribution in [3.63, 3.8) is 0 Å². The maximum Gasteiger partial charge on any atom is 0.205 e. The van der Waals surface area contributed by atoms with Crippen LogP contribution in [-0.4, -0.2) is 20.7 Å². The van der Waals surface area contributed by atoms with Gasteiger partial charge in [0.1, 0.15) is 5.75 Å². The standard InChI is InChI=1S/C27H44O3Si/c1-18(2)20-12-13-27(9,17-29-31(10,11)25(4,5)6)24(20)21-14-19(3)15-23-22(21)16-28-26(7,8)30-23/h14-15,20,24H,1,12-13,16-17H2,2-11H3/t20-,24-,27+/m1/s1. The number of hydrogen-bond acceptors (Lipinski definition) is 3. The quantitative estimate of drug-likeness (QED) is 0.343. The molecule has 0 N–H and O–H groups in total. The van der Waals surface area contributed by atoms with E-state index in [2.05, 4.69) is 73.3 Å². The maximum atomic E-state index is 6.81. The van der Waals surface area contributed by atoms with Gasteiger partial charge in [0.25, 0.3) is 0 Å². The predicted molar refractivity (Wildman–Crippen MR) is 132 cm³/mol. The van der Waals surface area contributed by atoms with Crippen LogP contribution in [-0.2, 0) is 15.8 Å². The Kier molecular flexibility index (Phi) is 6.36. The highest BCUT2D eigenvalue weighted by Crippen LogP contribution is 2.57. The van der Waals surface area contributed by atoms with Gasteiger partial charge in [0.05, 0.1) is 6.61 Å². The fourth-order valence-corrected chi connectivity index (χ4v) is 6.14. The summed E-state index contributed by atoms with van der Waals surface area (Å²) in [5.74, 6) is 1.20. The average molecular weight is 445 g/mol. The van der Waals surface area contributed by atoms with E-state index in [4.69, 9.17) is 13.9 Å². The molecule has 0 saturated heterocycles. The lowest BCUT2D eigenvalue weighted by Gasteiger charge is -2.43. The van der Waals surface area contributed by atoms with Gasteiger partial charge in [-0.15, -0.1) is 0 Å². The van der Waals surface area contributed by atoms with Gasteiger partial charge < -0.3 is 13.9 Å². The largest absolute Gasteiger partial charge is 0.463 e. The molecule has 31 heavy (non-hydrogen) atoms. The third-order valence-electron chi connectivity index (χ3n) is 8.02. The van der Waals surface area contributed by atoms with E-state index in [1.54, 1.807) is 0 Å². The molecule has 1 aliphatic heterocycles. The van der Waals surface area contributed by atoms with E-state index in [1.165, 1.54) is 22.3 Å². The second kappa shape index (κ2) is 8.04. The summed E-state index contributed by atoms with van der Waals surface area (Å²) >= 11 is 0. The van der Waals surface area contributed by atoms with Crippen molar-refractivity contribution in [3.05, 3.63) is 41.0 Å². The average Bonchev–Trinajstić information content (AvgIpc) is 2.95. The van der Waals surface area contributed by atoms with E-state index >= 15 is 0 Å². The molecule has 1 heterocycles. The Morgan fingerprint density at radius 1 is 1.23 bits per heavy atom. The number of fused-ring (bicyclic) bond motifs is 1. The minimum absolute atomic E-state index is 0.0632. The molecule has 174 valence electrons. The van der Waals surface area contributed by atoms with Gasteiger partial charge in [-0.2, -0.15) is 0 Å². The molecular weight excluding hydrogens is 400 g/mol. The molecule has 0 amide bonds. The van der Waals surface area contributed by atoms with Crippen LogP contribution in [0.15, 0.2) is 24.3 Å². The molecule has 3 rings (SSSR count). The molecule has 0 unspecified atom stereocenters. The zero-order valence-electron chi connectivity index (χ0n) is 21.6. The molecule has 1 aromatic carbocycles. The van der Waals surface area contributed by atoms with Crippen molar-refractivity contribution in [2.24, 2.45) is 11.3 Å². The van der Waals surface area contributed by atoms with Crippen LogP contribution in [0.2, 0.25) is 18.1 Å². The van der Waals surface area contributed by atoms with Crippen LogP contribution in [0.1, 0.15) is 83.9 Å². The van der Waals surface area contributed by atoms with Gasteiger partial charge in [-0.1, -0.05) is 45.9 Å². The molecule has 0 spiro atoms. The van der Waals surface area contributed by atoms with Crippen LogP contribution >= 0.6 is 0 Å². The Bertz CT molecular complexity index is 849. The van der Waals surface area contributed by atoms with E-state index in [-0.39, 0.29) is 10.5 Å². The topological polar surface area (TPSA) is 27.7 Å². The highest BCUT2D eigenvalue weighted by Gasteiger charge is 2.49. The van der Waals surface area contributed by atoms with Gasteiger partial charge in [0.15, 0.2) is 8.32 Å². The summed E-state index contributed by atoms with van der Waals surface area (Å²) in [5.41, 5.74) is 5.16. The minimum Gasteiger partial charge on any atom is -0.463 e. The monoisotopic (exact) mass is 444 g/mol. The van der Waals surface area contributed by atoms with Crippen LogP contribution in [0.3, 0.4) is 0 Å². The molecule has 0 bridgehead atoms. The summed E-state index contributed by atoms with van der Waals surface area (Å²) in [6.45, 7) is 28.2. The van der Waals surface area contributed by atoms with Crippen LogP contribution in [0.4, 0.5) is 0 Å². The summed E-state index contributed by atoms with van der Waals surface area (Å²) in [6, 6.07) is 4.53. The van der Waals surface area contributed by atoms with Crippen molar-refractivity contribution < 1.29 is 13.9 Å². The lowest BCUT2D eigenvalue weighted by Crippen LogP contribution is -2.44. The third-order valence-corrected chi connectivity index (χ3v) is 12.5. The van der Waals surface area contributed by atoms with Crippen LogP contribution in [0.5, 0.6) is 5.75 Å². The van der Waals surface area contributed by atoms with Crippen molar-refractivity contribution in [3.8, 4) is 5.75 Å². The fourth-order valence-electron chi connectivity index (χ4n) is 5.01. The summed E-state index contributed by atoms with van der Waals surface area (Å²) in [6.07, 6.45) is 2.31. The van der Waals surface area contributed by atoms with Gasteiger partial charge in [-0.05, 0) is 79.3 Å². The van der Waals surface area contributed by atoms with Crippen molar-refractivity contribution in [1.29, 1.82) is 0 Å². The summed E-state index contributed by atoms with van der Waals surface area (Å²) in [5, 5.41) is 0.209. The number of hydrogen-bond donors (Lipinski definition) is 0. The molecule has 2 aliphatic rings. The van der Waals surface area contributed by atoms with E-state index < -0.39 is 14.1 Å². The first-order valence-corrected chi connectivity index (χ1v) is 14.7. The molecule has 1 fully saturated rings. The van der Waals surface area contributed by atoms with E-state index in [9.17, 15) is 0 Å². The van der Waals surface area contributed by atoms with Gasteiger partial charge in [-0.3, -0.25) is 0 Å². The van der Waals surface area contributed by atoms with Crippen molar-refractivity contribution in [2.75, 3.05) is 6.61 Å². The molecule has 3 nitrogen and oxygen atoms in total. The molecule has 0 aromatic heterocycles. The van der Waals surface area contributed by atoms with E-state index in [1.807, 2.05) is 13.8 Å². The van der Waals surface area contributed by atoms with Crippen molar-refractivity contribution in [2.45, 2.75) is 105 Å². The highest BCUT2D eigenvalue weighted by molar-refractivity contribution is 6.74. The fraction of sp³-hybridized carbons (Fsp3) is 0.704. The molecule has 4 heteroatoms. The van der Waals surface area contributed by atoms with E-state index in [0.717, 1.165) is 25.2 Å². The SMILES string of the molecule is C=C(C)[C@H]1CC[C@@](C)(CO[Si](C)(C)C(C)(C)C)[C@H]1c1cc(C)cc2c1COC(C)(C)O2. The number of ether oxygens (including phenoxy) is 2. The number of allylic oxidation sites excluding steroid dienone is 1. The van der Waals surface area contributed by atoms with E-state index in [0.29, 0.717) is 18.4 Å². The molecule has 1 aromatic rings. The van der Waals surface area contributed by atoms with Gasteiger partial charge in [0.2, 0.25) is 5.79 Å². The normalized spacial score (nSPS) is 28.2. The first kappa shape index (κ1) is 24.5. The Labute approximate surface area is 191 Å². The smallest absolute Gasteiger partial charge is 0.205 e. The zero-order chi connectivity index (χ0) is 23.4. The first-order valence-electron chi connectivity index (χ1n) is 11.8. The Morgan fingerprint density at radius 2 is 1.87 bits per heavy atom. The molecule has 1 aliphatic carbocycles. The van der Waals surface area contributed by atoms with Crippen molar-refractivity contribution in [1.82, 2.24) is 0 Å². The van der Waals surface area contributed by atoms with Crippen LogP contribution in [0, 0.1) is 18.3 Å². The highest BCUT2D eigenvalue weighted by atomic mass is 28.4. The number of benzene rings is 1. The summed E-state index contributed by atoms with van der Waals surface area (Å²) in [7, 11) is -1.83. The maximum absolute atomic E-state index is 6.81. The number of aryl methyl sites for hydroxylation is 1.